The topological polar surface area (TPSA) is 38.0 Å². The summed E-state index contributed by atoms with van der Waals surface area (Å²) in [6, 6.07) is 7.21. The standard InChI is InChI=1S/C17H28N2/c1-12-5-4-6-16(9-12)17(19-18)11-15-8-7-13(2)14(3)10-15/h7-8,10,12,16-17,19H,4-6,9,11,18H2,1-3H3. The van der Waals surface area contributed by atoms with Crippen LogP contribution in [0.4, 0.5) is 0 Å². The Morgan fingerprint density at radius 1 is 1.26 bits per heavy atom. The molecule has 2 nitrogen and oxygen atoms in total. The number of benzene rings is 1. The van der Waals surface area contributed by atoms with E-state index < -0.39 is 0 Å². The van der Waals surface area contributed by atoms with E-state index in [0.29, 0.717) is 6.04 Å². The maximum absolute atomic E-state index is 5.81. The van der Waals surface area contributed by atoms with Crippen LogP contribution in [0.25, 0.3) is 0 Å². The molecule has 0 spiro atoms. The molecule has 2 rings (SSSR count). The zero-order valence-corrected chi connectivity index (χ0v) is 12.6. The first-order valence-electron chi connectivity index (χ1n) is 7.62. The smallest absolute Gasteiger partial charge is 0.0279 e. The van der Waals surface area contributed by atoms with Gasteiger partial charge in [0.15, 0.2) is 0 Å². The van der Waals surface area contributed by atoms with Gasteiger partial charge in [0.05, 0.1) is 0 Å². The number of aryl methyl sites for hydroxylation is 2. The molecule has 0 radical (unpaired) electrons. The Hall–Kier alpha value is -0.860. The molecule has 1 fully saturated rings. The summed E-state index contributed by atoms with van der Waals surface area (Å²) >= 11 is 0. The summed E-state index contributed by atoms with van der Waals surface area (Å²) in [5, 5.41) is 0. The zero-order chi connectivity index (χ0) is 13.8. The minimum atomic E-state index is 0.421. The van der Waals surface area contributed by atoms with E-state index in [2.05, 4.69) is 44.4 Å². The number of hydrazine groups is 1. The van der Waals surface area contributed by atoms with Gasteiger partial charge in [-0.1, -0.05) is 38.0 Å². The first-order chi connectivity index (χ1) is 9.10. The first-order valence-corrected chi connectivity index (χ1v) is 7.62. The third-order valence-electron chi connectivity index (χ3n) is 4.79. The van der Waals surface area contributed by atoms with E-state index in [-0.39, 0.29) is 0 Å². The molecule has 0 aliphatic heterocycles. The van der Waals surface area contributed by atoms with Crippen molar-refractivity contribution in [3.8, 4) is 0 Å². The van der Waals surface area contributed by atoms with Gasteiger partial charge in [-0.2, -0.15) is 0 Å². The summed E-state index contributed by atoms with van der Waals surface area (Å²) in [5.41, 5.74) is 7.23. The minimum Gasteiger partial charge on any atom is -0.271 e. The van der Waals surface area contributed by atoms with Crippen LogP contribution in [0.2, 0.25) is 0 Å². The predicted molar refractivity (Wildman–Crippen MR) is 81.9 cm³/mol. The van der Waals surface area contributed by atoms with E-state index in [9.17, 15) is 0 Å². The lowest BCUT2D eigenvalue weighted by atomic mass is 9.77. The van der Waals surface area contributed by atoms with Gasteiger partial charge in [0.1, 0.15) is 0 Å². The van der Waals surface area contributed by atoms with Crippen LogP contribution in [-0.4, -0.2) is 6.04 Å². The zero-order valence-electron chi connectivity index (χ0n) is 12.6. The number of nitrogens with two attached hydrogens (primary N) is 1. The second-order valence-electron chi connectivity index (χ2n) is 6.43. The average molecular weight is 260 g/mol. The van der Waals surface area contributed by atoms with E-state index in [1.54, 1.807) is 0 Å². The molecule has 3 atom stereocenters. The van der Waals surface area contributed by atoms with Crippen molar-refractivity contribution in [1.29, 1.82) is 0 Å². The van der Waals surface area contributed by atoms with Crippen LogP contribution < -0.4 is 11.3 Å². The fraction of sp³-hybridized carbons (Fsp3) is 0.647. The Labute approximate surface area is 117 Å². The molecule has 0 saturated heterocycles. The predicted octanol–water partition coefficient (Wildman–Crippen LogP) is 3.50. The summed E-state index contributed by atoms with van der Waals surface area (Å²) in [4.78, 5) is 0. The van der Waals surface area contributed by atoms with Crippen molar-refractivity contribution < 1.29 is 0 Å². The number of nitrogens with one attached hydrogen (secondary N) is 1. The summed E-state index contributed by atoms with van der Waals surface area (Å²) in [6.45, 7) is 6.72. The quantitative estimate of drug-likeness (QED) is 0.642. The molecular formula is C17H28N2. The molecule has 0 amide bonds. The van der Waals surface area contributed by atoms with Crippen molar-refractivity contribution in [2.45, 2.75) is 58.9 Å². The summed E-state index contributed by atoms with van der Waals surface area (Å²) in [6.07, 6.45) is 6.44. The van der Waals surface area contributed by atoms with Gasteiger partial charge in [0.2, 0.25) is 0 Å². The highest BCUT2D eigenvalue weighted by Crippen LogP contribution is 2.31. The van der Waals surface area contributed by atoms with Gasteiger partial charge in [0, 0.05) is 6.04 Å². The second-order valence-corrected chi connectivity index (χ2v) is 6.43. The van der Waals surface area contributed by atoms with Crippen molar-refractivity contribution in [3.63, 3.8) is 0 Å². The molecule has 1 aliphatic carbocycles. The molecule has 3 unspecified atom stereocenters. The van der Waals surface area contributed by atoms with Crippen molar-refractivity contribution in [2.75, 3.05) is 0 Å². The lowest BCUT2D eigenvalue weighted by Crippen LogP contribution is -2.44. The van der Waals surface area contributed by atoms with Gasteiger partial charge in [-0.15, -0.1) is 0 Å². The highest BCUT2D eigenvalue weighted by molar-refractivity contribution is 5.30. The largest absolute Gasteiger partial charge is 0.271 e. The van der Waals surface area contributed by atoms with Crippen LogP contribution >= 0.6 is 0 Å². The Morgan fingerprint density at radius 2 is 2.05 bits per heavy atom. The monoisotopic (exact) mass is 260 g/mol. The molecular weight excluding hydrogens is 232 g/mol. The van der Waals surface area contributed by atoms with Crippen molar-refractivity contribution in [3.05, 3.63) is 34.9 Å². The van der Waals surface area contributed by atoms with Crippen LogP contribution in [0.5, 0.6) is 0 Å². The Balaban J connectivity index is 2.03. The molecule has 2 heteroatoms. The molecule has 1 aromatic carbocycles. The molecule has 1 saturated carbocycles. The molecule has 0 bridgehead atoms. The maximum Gasteiger partial charge on any atom is 0.0279 e. The van der Waals surface area contributed by atoms with Crippen LogP contribution in [0.15, 0.2) is 18.2 Å². The molecule has 0 heterocycles. The third-order valence-corrected chi connectivity index (χ3v) is 4.79. The summed E-state index contributed by atoms with van der Waals surface area (Å²) in [7, 11) is 0. The van der Waals surface area contributed by atoms with Crippen LogP contribution in [0.1, 0.15) is 49.3 Å². The lowest BCUT2D eigenvalue weighted by Gasteiger charge is -2.33. The first kappa shape index (κ1) is 14.5. The van der Waals surface area contributed by atoms with Crippen LogP contribution in [0.3, 0.4) is 0 Å². The fourth-order valence-corrected chi connectivity index (χ4v) is 3.39. The minimum absolute atomic E-state index is 0.421. The van der Waals surface area contributed by atoms with Crippen molar-refractivity contribution in [2.24, 2.45) is 17.7 Å². The molecule has 1 aromatic rings. The van der Waals surface area contributed by atoms with E-state index in [1.165, 1.54) is 42.4 Å². The van der Waals surface area contributed by atoms with Gasteiger partial charge in [0.25, 0.3) is 0 Å². The molecule has 19 heavy (non-hydrogen) atoms. The van der Waals surface area contributed by atoms with E-state index in [0.717, 1.165) is 18.3 Å². The maximum atomic E-state index is 5.81. The number of rotatable bonds is 4. The Kier molecular flexibility index (Phi) is 5.00. The summed E-state index contributed by atoms with van der Waals surface area (Å²) in [5.74, 6) is 7.40. The molecule has 3 N–H and O–H groups in total. The molecule has 1 aliphatic rings. The SMILES string of the molecule is Cc1ccc(CC(NN)C2CCCC(C)C2)cc1C. The average Bonchev–Trinajstić information content (AvgIpc) is 2.40. The van der Waals surface area contributed by atoms with Gasteiger partial charge >= 0.3 is 0 Å². The van der Waals surface area contributed by atoms with Gasteiger partial charge < -0.3 is 0 Å². The Bertz CT molecular complexity index is 414. The van der Waals surface area contributed by atoms with Crippen molar-refractivity contribution in [1.82, 2.24) is 5.43 Å². The molecule has 106 valence electrons. The third kappa shape index (κ3) is 3.80. The fourth-order valence-electron chi connectivity index (χ4n) is 3.39. The number of hydrogen-bond acceptors (Lipinski definition) is 2. The van der Waals surface area contributed by atoms with Crippen LogP contribution in [0, 0.1) is 25.7 Å². The van der Waals surface area contributed by atoms with E-state index in [4.69, 9.17) is 5.84 Å². The van der Waals surface area contributed by atoms with E-state index in [1.807, 2.05) is 0 Å². The molecule has 0 aromatic heterocycles. The van der Waals surface area contributed by atoms with Crippen LogP contribution in [-0.2, 0) is 6.42 Å². The van der Waals surface area contributed by atoms with Gasteiger partial charge in [-0.25, -0.2) is 0 Å². The number of hydrogen-bond donors (Lipinski definition) is 2. The Morgan fingerprint density at radius 3 is 2.68 bits per heavy atom. The highest BCUT2D eigenvalue weighted by atomic mass is 15.2. The summed E-state index contributed by atoms with van der Waals surface area (Å²) < 4.78 is 0. The lowest BCUT2D eigenvalue weighted by molar-refractivity contribution is 0.222. The van der Waals surface area contributed by atoms with Gasteiger partial charge in [-0.05, 0) is 61.6 Å². The van der Waals surface area contributed by atoms with E-state index >= 15 is 0 Å². The normalized spacial score (nSPS) is 25.3. The van der Waals surface area contributed by atoms with Gasteiger partial charge in [-0.3, -0.25) is 11.3 Å². The second kappa shape index (κ2) is 6.53. The van der Waals surface area contributed by atoms with Crippen molar-refractivity contribution >= 4 is 0 Å². The highest BCUT2D eigenvalue weighted by Gasteiger charge is 2.26.